The number of carbonyl (C=O) groups is 1. The molecule has 0 amide bonds. The average molecular weight is 308 g/mol. The zero-order valence-corrected chi connectivity index (χ0v) is 11.1. The van der Waals surface area contributed by atoms with Crippen LogP contribution in [0.4, 0.5) is 8.78 Å². The van der Waals surface area contributed by atoms with Crippen molar-refractivity contribution in [2.45, 2.75) is 26.7 Å². The second-order valence-corrected chi connectivity index (χ2v) is 4.20. The normalized spacial score (nSPS) is 10.7. The van der Waals surface area contributed by atoms with E-state index in [-0.39, 0.29) is 24.4 Å². The Hall–Kier alpha value is -1.04. The van der Waals surface area contributed by atoms with Crippen LogP contribution in [-0.4, -0.2) is 17.6 Å². The van der Waals surface area contributed by atoms with Gasteiger partial charge in [-0.25, -0.2) is 8.78 Å². The van der Waals surface area contributed by atoms with Crippen LogP contribution in [0.5, 0.6) is 0 Å². The predicted molar refractivity (Wildman–Crippen MR) is 62.0 cm³/mol. The Balaban J connectivity index is 3.01. The summed E-state index contributed by atoms with van der Waals surface area (Å²) < 4.78 is 30.4. The lowest BCUT2D eigenvalue weighted by atomic mass is 10.2. The summed E-state index contributed by atoms with van der Waals surface area (Å²) in [4.78, 5) is 15.0. The minimum atomic E-state index is -2.65. The Bertz CT molecular complexity index is 424. The first-order chi connectivity index (χ1) is 7.95. The molecule has 1 aromatic rings. The van der Waals surface area contributed by atoms with Crippen LogP contribution in [0.15, 0.2) is 10.5 Å². The van der Waals surface area contributed by atoms with Crippen molar-refractivity contribution in [3.05, 3.63) is 27.5 Å². The van der Waals surface area contributed by atoms with Gasteiger partial charge in [0.2, 0.25) is 0 Å². The molecule has 94 valence electrons. The lowest BCUT2D eigenvalue weighted by molar-refractivity contribution is -0.142. The lowest BCUT2D eigenvalue weighted by Gasteiger charge is -2.09. The molecular formula is C11H12BrF2NO2. The number of nitrogens with zero attached hydrogens (tertiary/aromatic N) is 1. The summed E-state index contributed by atoms with van der Waals surface area (Å²) in [5.41, 5.74) is 0.568. The molecule has 0 fully saturated rings. The number of hydrogen-bond acceptors (Lipinski definition) is 3. The maximum absolute atomic E-state index is 12.6. The molecule has 0 bridgehead atoms. The monoisotopic (exact) mass is 307 g/mol. The molecule has 0 N–H and O–H groups in total. The maximum atomic E-state index is 12.6. The molecule has 0 aliphatic carbocycles. The smallest absolute Gasteiger partial charge is 0.311 e. The van der Waals surface area contributed by atoms with Crippen molar-refractivity contribution in [3.63, 3.8) is 0 Å². The topological polar surface area (TPSA) is 39.2 Å². The summed E-state index contributed by atoms with van der Waals surface area (Å²) in [5.74, 6) is -0.480. The number of alkyl halides is 2. The third-order valence-corrected chi connectivity index (χ3v) is 3.15. The van der Waals surface area contributed by atoms with Crippen LogP contribution >= 0.6 is 15.9 Å². The van der Waals surface area contributed by atoms with E-state index in [1.54, 1.807) is 13.8 Å². The van der Waals surface area contributed by atoms with Gasteiger partial charge in [-0.2, -0.15) is 0 Å². The van der Waals surface area contributed by atoms with E-state index in [0.717, 1.165) is 0 Å². The SMILES string of the molecule is CCOC(=O)Cc1nc(C(F)F)cc(C)c1Br. The van der Waals surface area contributed by atoms with Gasteiger partial charge in [0.1, 0.15) is 5.69 Å². The van der Waals surface area contributed by atoms with Gasteiger partial charge in [-0.05, 0) is 41.4 Å². The molecule has 1 aromatic heterocycles. The van der Waals surface area contributed by atoms with Crippen LogP contribution in [0.25, 0.3) is 0 Å². The zero-order chi connectivity index (χ0) is 13.0. The van der Waals surface area contributed by atoms with Gasteiger partial charge >= 0.3 is 5.97 Å². The van der Waals surface area contributed by atoms with Crippen LogP contribution in [0.2, 0.25) is 0 Å². The van der Waals surface area contributed by atoms with Gasteiger partial charge in [-0.15, -0.1) is 0 Å². The van der Waals surface area contributed by atoms with Crippen LogP contribution in [0.3, 0.4) is 0 Å². The number of pyridine rings is 1. The number of halogens is 3. The molecule has 1 rings (SSSR count). The minimum Gasteiger partial charge on any atom is -0.466 e. The van der Waals surface area contributed by atoms with Gasteiger partial charge in [-0.3, -0.25) is 9.78 Å². The highest BCUT2D eigenvalue weighted by atomic mass is 79.9. The van der Waals surface area contributed by atoms with E-state index in [1.807, 2.05) is 0 Å². The first-order valence-electron chi connectivity index (χ1n) is 5.05. The first kappa shape index (κ1) is 14.0. The highest BCUT2D eigenvalue weighted by molar-refractivity contribution is 9.10. The summed E-state index contributed by atoms with van der Waals surface area (Å²) >= 11 is 3.23. The Morgan fingerprint density at radius 3 is 2.76 bits per heavy atom. The van der Waals surface area contributed by atoms with E-state index < -0.39 is 12.4 Å². The molecule has 0 aromatic carbocycles. The standard InChI is InChI=1S/C11H12BrF2NO2/c1-3-17-9(16)5-7-10(12)6(2)4-8(15-7)11(13)14/h4,11H,3,5H2,1-2H3. The summed E-state index contributed by atoms with van der Waals surface area (Å²) in [6.45, 7) is 3.61. The van der Waals surface area contributed by atoms with E-state index >= 15 is 0 Å². The van der Waals surface area contributed by atoms with Gasteiger partial charge in [0.25, 0.3) is 6.43 Å². The highest BCUT2D eigenvalue weighted by Crippen LogP contribution is 2.25. The van der Waals surface area contributed by atoms with Crippen molar-refractivity contribution in [1.29, 1.82) is 0 Å². The van der Waals surface area contributed by atoms with Crippen molar-refractivity contribution < 1.29 is 18.3 Å². The third-order valence-electron chi connectivity index (χ3n) is 2.07. The number of aromatic nitrogens is 1. The lowest BCUT2D eigenvalue weighted by Crippen LogP contribution is -2.11. The number of hydrogen-bond donors (Lipinski definition) is 0. The van der Waals surface area contributed by atoms with Gasteiger partial charge in [0.05, 0.1) is 18.7 Å². The van der Waals surface area contributed by atoms with Gasteiger partial charge in [0.15, 0.2) is 0 Å². The molecule has 17 heavy (non-hydrogen) atoms. The summed E-state index contributed by atoms with van der Waals surface area (Å²) in [6.07, 6.45) is -2.77. The van der Waals surface area contributed by atoms with Crippen molar-refractivity contribution in [2.24, 2.45) is 0 Å². The van der Waals surface area contributed by atoms with Crippen molar-refractivity contribution in [2.75, 3.05) is 6.61 Å². The summed E-state index contributed by atoms with van der Waals surface area (Å²) in [7, 11) is 0. The largest absolute Gasteiger partial charge is 0.466 e. The molecule has 0 aliphatic heterocycles. The first-order valence-corrected chi connectivity index (χ1v) is 5.84. The van der Waals surface area contributed by atoms with Crippen LogP contribution in [-0.2, 0) is 16.0 Å². The summed E-state index contributed by atoms with van der Waals surface area (Å²) in [6, 6.07) is 1.30. The molecule has 1 heterocycles. The molecule has 0 unspecified atom stereocenters. The third kappa shape index (κ3) is 3.73. The molecule has 0 spiro atoms. The molecule has 0 saturated carbocycles. The van der Waals surface area contributed by atoms with Crippen molar-refractivity contribution in [1.82, 2.24) is 4.98 Å². The number of esters is 1. The van der Waals surface area contributed by atoms with Crippen molar-refractivity contribution >= 4 is 21.9 Å². The van der Waals surface area contributed by atoms with E-state index in [1.165, 1.54) is 6.07 Å². The molecular weight excluding hydrogens is 296 g/mol. The zero-order valence-electron chi connectivity index (χ0n) is 9.47. The highest BCUT2D eigenvalue weighted by Gasteiger charge is 2.16. The fourth-order valence-corrected chi connectivity index (χ4v) is 1.67. The Morgan fingerprint density at radius 2 is 2.24 bits per heavy atom. The van der Waals surface area contributed by atoms with E-state index in [2.05, 4.69) is 20.9 Å². The van der Waals surface area contributed by atoms with Gasteiger partial charge in [-0.1, -0.05) is 0 Å². The Kier molecular flexibility index (Phi) is 4.99. The van der Waals surface area contributed by atoms with Gasteiger partial charge < -0.3 is 4.74 Å². The number of aryl methyl sites for hydroxylation is 1. The molecule has 0 radical (unpaired) electrons. The Labute approximate surface area is 106 Å². The number of ether oxygens (including phenoxy) is 1. The predicted octanol–water partition coefficient (Wildman–Crippen LogP) is 3.20. The fraction of sp³-hybridized carbons (Fsp3) is 0.455. The van der Waals surface area contributed by atoms with E-state index in [0.29, 0.717) is 10.0 Å². The quantitative estimate of drug-likeness (QED) is 0.802. The van der Waals surface area contributed by atoms with Crippen LogP contribution < -0.4 is 0 Å². The second kappa shape index (κ2) is 6.05. The summed E-state index contributed by atoms with van der Waals surface area (Å²) in [5, 5.41) is 0. The molecule has 0 saturated heterocycles. The van der Waals surface area contributed by atoms with E-state index in [4.69, 9.17) is 4.74 Å². The average Bonchev–Trinajstić information content (AvgIpc) is 2.24. The molecule has 0 aliphatic rings. The maximum Gasteiger partial charge on any atom is 0.311 e. The van der Waals surface area contributed by atoms with Gasteiger partial charge in [0, 0.05) is 4.47 Å². The number of carbonyl (C=O) groups excluding carboxylic acids is 1. The molecule has 3 nitrogen and oxygen atoms in total. The molecule has 6 heteroatoms. The van der Waals surface area contributed by atoms with Crippen LogP contribution in [0.1, 0.15) is 30.3 Å². The fourth-order valence-electron chi connectivity index (χ4n) is 1.33. The van der Waals surface area contributed by atoms with Crippen LogP contribution in [0, 0.1) is 6.92 Å². The Morgan fingerprint density at radius 1 is 1.59 bits per heavy atom. The van der Waals surface area contributed by atoms with Crippen molar-refractivity contribution in [3.8, 4) is 0 Å². The number of rotatable bonds is 4. The minimum absolute atomic E-state index is 0.115. The molecule has 0 atom stereocenters. The van der Waals surface area contributed by atoms with E-state index in [9.17, 15) is 13.6 Å². The second-order valence-electron chi connectivity index (χ2n) is 3.41.